The molecule has 0 amide bonds. The van der Waals surface area contributed by atoms with Crippen molar-refractivity contribution in [2.24, 2.45) is 0 Å². The van der Waals surface area contributed by atoms with Crippen LogP contribution in [-0.2, 0) is 20.8 Å². The summed E-state index contributed by atoms with van der Waals surface area (Å²) < 4.78 is 23.9. The second kappa shape index (κ2) is 12.2. The standard InChI is InChI=1S/C21H32O4S2/c1-22-18-8-6-17(7-9-18)15-24-19(10-11-21-26-13-4-14-27-21)16-25-20-5-2-3-12-23-20/h6-9,19-21H,2-5,10-16H2,1H3/t19-,20?/m0/s1. The van der Waals surface area contributed by atoms with Crippen LogP contribution < -0.4 is 4.74 Å². The number of hydrogen-bond acceptors (Lipinski definition) is 6. The Morgan fingerprint density at radius 2 is 1.93 bits per heavy atom. The molecule has 2 aliphatic rings. The van der Waals surface area contributed by atoms with E-state index in [1.165, 1.54) is 30.8 Å². The maximum atomic E-state index is 6.24. The molecule has 0 saturated carbocycles. The van der Waals surface area contributed by atoms with E-state index in [9.17, 15) is 0 Å². The average molecular weight is 413 g/mol. The fourth-order valence-corrected chi connectivity index (χ4v) is 6.13. The fraction of sp³-hybridized carbons (Fsp3) is 0.714. The lowest BCUT2D eigenvalue weighted by Gasteiger charge is -2.27. The van der Waals surface area contributed by atoms with E-state index in [0.29, 0.717) is 17.8 Å². The van der Waals surface area contributed by atoms with Crippen LogP contribution in [0.4, 0.5) is 0 Å². The molecule has 2 atom stereocenters. The summed E-state index contributed by atoms with van der Waals surface area (Å²) >= 11 is 4.20. The molecule has 0 radical (unpaired) electrons. The SMILES string of the molecule is COc1ccc(CO[C@@H](CCC2SCCCS2)COC2CCCCO2)cc1. The molecule has 2 heterocycles. The van der Waals surface area contributed by atoms with E-state index < -0.39 is 0 Å². The highest BCUT2D eigenvalue weighted by Crippen LogP contribution is 2.34. The summed E-state index contributed by atoms with van der Waals surface area (Å²) in [4.78, 5) is 0. The van der Waals surface area contributed by atoms with Gasteiger partial charge in [0.1, 0.15) is 5.75 Å². The maximum absolute atomic E-state index is 6.24. The van der Waals surface area contributed by atoms with E-state index in [4.69, 9.17) is 18.9 Å². The first-order valence-corrected chi connectivity index (χ1v) is 12.1. The Morgan fingerprint density at radius 1 is 1.11 bits per heavy atom. The largest absolute Gasteiger partial charge is 0.497 e. The Balaban J connectivity index is 1.47. The van der Waals surface area contributed by atoms with E-state index in [-0.39, 0.29) is 12.4 Å². The molecule has 0 bridgehead atoms. The van der Waals surface area contributed by atoms with Crippen molar-refractivity contribution in [3.63, 3.8) is 0 Å². The summed E-state index contributed by atoms with van der Waals surface area (Å²) in [6, 6.07) is 8.09. The second-order valence-corrected chi connectivity index (χ2v) is 9.93. The monoisotopic (exact) mass is 412 g/mol. The molecular formula is C21H32O4S2. The molecule has 2 fully saturated rings. The van der Waals surface area contributed by atoms with Crippen LogP contribution in [-0.4, -0.2) is 48.8 Å². The van der Waals surface area contributed by atoms with E-state index in [1.54, 1.807) is 7.11 Å². The van der Waals surface area contributed by atoms with Crippen LogP contribution in [0.1, 0.15) is 44.1 Å². The van der Waals surface area contributed by atoms with Crippen molar-refractivity contribution in [3.05, 3.63) is 29.8 Å². The van der Waals surface area contributed by atoms with Crippen LogP contribution in [0.15, 0.2) is 24.3 Å². The highest BCUT2D eigenvalue weighted by molar-refractivity contribution is 8.17. The first-order chi connectivity index (χ1) is 13.3. The Kier molecular flexibility index (Phi) is 9.65. The van der Waals surface area contributed by atoms with Crippen LogP contribution in [0.3, 0.4) is 0 Å². The minimum atomic E-state index is -0.0516. The number of benzene rings is 1. The molecular weight excluding hydrogens is 380 g/mol. The summed E-state index contributed by atoms with van der Waals surface area (Å²) in [6.45, 7) is 2.04. The molecule has 0 aromatic heterocycles. The summed E-state index contributed by atoms with van der Waals surface area (Å²) in [5.74, 6) is 3.46. The second-order valence-electron chi connectivity index (χ2n) is 7.01. The highest BCUT2D eigenvalue weighted by Gasteiger charge is 2.20. The Morgan fingerprint density at radius 3 is 2.63 bits per heavy atom. The van der Waals surface area contributed by atoms with E-state index in [0.717, 1.165) is 37.2 Å². The number of rotatable bonds is 10. The van der Waals surface area contributed by atoms with Gasteiger partial charge >= 0.3 is 0 Å². The third kappa shape index (κ3) is 7.86. The molecule has 6 heteroatoms. The van der Waals surface area contributed by atoms with Crippen LogP contribution in [0.5, 0.6) is 5.75 Å². The Labute approximate surface area is 172 Å². The number of thioether (sulfide) groups is 2. The number of hydrogen-bond donors (Lipinski definition) is 0. The molecule has 152 valence electrons. The van der Waals surface area contributed by atoms with Gasteiger partial charge in [0.05, 0.1) is 31.0 Å². The molecule has 1 unspecified atom stereocenters. The lowest BCUT2D eigenvalue weighted by atomic mass is 10.2. The minimum Gasteiger partial charge on any atom is -0.497 e. The van der Waals surface area contributed by atoms with Crippen LogP contribution in [0.25, 0.3) is 0 Å². The number of methoxy groups -OCH3 is 1. The average Bonchev–Trinajstić information content (AvgIpc) is 2.75. The van der Waals surface area contributed by atoms with Crippen molar-refractivity contribution >= 4 is 23.5 Å². The van der Waals surface area contributed by atoms with Crippen molar-refractivity contribution in [2.45, 2.75) is 62.1 Å². The smallest absolute Gasteiger partial charge is 0.157 e. The molecule has 0 N–H and O–H groups in total. The zero-order chi connectivity index (χ0) is 18.7. The number of ether oxygens (including phenoxy) is 4. The summed E-state index contributed by atoms with van der Waals surface area (Å²) in [6.07, 6.45) is 6.95. The first kappa shape index (κ1) is 21.3. The van der Waals surface area contributed by atoms with Crippen LogP contribution in [0, 0.1) is 0 Å². The summed E-state index contributed by atoms with van der Waals surface area (Å²) in [7, 11) is 1.69. The molecule has 0 spiro atoms. The third-order valence-corrected chi connectivity index (χ3v) is 7.95. The zero-order valence-corrected chi connectivity index (χ0v) is 17.9. The zero-order valence-electron chi connectivity index (χ0n) is 16.3. The predicted octanol–water partition coefficient (Wildman–Crippen LogP) is 5.10. The molecule has 4 nitrogen and oxygen atoms in total. The molecule has 0 aliphatic carbocycles. The van der Waals surface area contributed by atoms with Gasteiger partial charge in [-0.25, -0.2) is 0 Å². The van der Waals surface area contributed by atoms with Gasteiger partial charge in [-0.15, -0.1) is 23.5 Å². The lowest BCUT2D eigenvalue weighted by Crippen LogP contribution is -2.29. The van der Waals surface area contributed by atoms with Gasteiger partial charge in [0, 0.05) is 6.61 Å². The van der Waals surface area contributed by atoms with Gasteiger partial charge in [-0.1, -0.05) is 12.1 Å². The minimum absolute atomic E-state index is 0.0516. The Bertz CT molecular complexity index is 491. The van der Waals surface area contributed by atoms with Crippen molar-refractivity contribution in [1.82, 2.24) is 0 Å². The maximum Gasteiger partial charge on any atom is 0.157 e. The summed E-state index contributed by atoms with van der Waals surface area (Å²) in [5.41, 5.74) is 1.16. The van der Waals surface area contributed by atoms with Gasteiger partial charge in [-0.2, -0.15) is 0 Å². The van der Waals surface area contributed by atoms with Gasteiger partial charge < -0.3 is 18.9 Å². The molecule has 27 heavy (non-hydrogen) atoms. The lowest BCUT2D eigenvalue weighted by molar-refractivity contribution is -0.181. The van der Waals surface area contributed by atoms with Crippen molar-refractivity contribution < 1.29 is 18.9 Å². The third-order valence-electron chi connectivity index (χ3n) is 4.87. The van der Waals surface area contributed by atoms with Gasteiger partial charge in [0.25, 0.3) is 0 Å². The first-order valence-electron chi connectivity index (χ1n) is 10.0. The van der Waals surface area contributed by atoms with Crippen LogP contribution in [0.2, 0.25) is 0 Å². The van der Waals surface area contributed by atoms with Crippen LogP contribution >= 0.6 is 23.5 Å². The Hall–Kier alpha value is -0.400. The van der Waals surface area contributed by atoms with Crippen molar-refractivity contribution in [1.29, 1.82) is 0 Å². The van der Waals surface area contributed by atoms with Gasteiger partial charge in [0.2, 0.25) is 0 Å². The molecule has 1 aromatic carbocycles. The van der Waals surface area contributed by atoms with E-state index in [1.807, 2.05) is 12.1 Å². The van der Waals surface area contributed by atoms with E-state index in [2.05, 4.69) is 35.7 Å². The van der Waals surface area contributed by atoms with Gasteiger partial charge in [0.15, 0.2) is 6.29 Å². The molecule has 1 aromatic rings. The molecule has 3 rings (SSSR count). The highest BCUT2D eigenvalue weighted by atomic mass is 32.2. The van der Waals surface area contributed by atoms with E-state index >= 15 is 0 Å². The quantitative estimate of drug-likeness (QED) is 0.532. The molecule has 2 saturated heterocycles. The normalized spacial score (nSPS) is 22.5. The summed E-state index contributed by atoms with van der Waals surface area (Å²) in [5, 5.41) is 0. The van der Waals surface area contributed by atoms with Gasteiger partial charge in [-0.3, -0.25) is 0 Å². The fourth-order valence-electron chi connectivity index (χ4n) is 3.23. The predicted molar refractivity (Wildman–Crippen MR) is 114 cm³/mol. The molecule has 2 aliphatic heterocycles. The topological polar surface area (TPSA) is 36.9 Å². The van der Waals surface area contributed by atoms with Crippen molar-refractivity contribution in [3.8, 4) is 5.75 Å². The van der Waals surface area contributed by atoms with Crippen molar-refractivity contribution in [2.75, 3.05) is 31.8 Å². The van der Waals surface area contributed by atoms with Gasteiger partial charge in [-0.05, 0) is 67.7 Å².